The summed E-state index contributed by atoms with van der Waals surface area (Å²) in [5, 5.41) is 0. The van der Waals surface area contributed by atoms with Gasteiger partial charge in [0.25, 0.3) is 0 Å². The van der Waals surface area contributed by atoms with Crippen LogP contribution >= 0.6 is 0 Å². The van der Waals surface area contributed by atoms with Crippen LogP contribution in [0.5, 0.6) is 0 Å². The fourth-order valence-corrected chi connectivity index (χ4v) is 3.92. The lowest BCUT2D eigenvalue weighted by atomic mass is 10.1. The molecule has 0 saturated heterocycles. The number of nitrogens with zero attached hydrogens (tertiary/aromatic N) is 1. The number of benzene rings is 1. The quantitative estimate of drug-likeness (QED) is 0.162. The van der Waals surface area contributed by atoms with Gasteiger partial charge < -0.3 is 4.90 Å². The Balaban J connectivity index is 2.41. The lowest BCUT2D eigenvalue weighted by Crippen LogP contribution is -2.42. The Morgan fingerprint density at radius 3 is 1.59 bits per heavy atom. The monoisotopic (exact) mass is 409 g/mol. The van der Waals surface area contributed by atoms with E-state index < -0.39 is 6.05 Å². The topological polar surface area (TPSA) is 3.24 Å². The molecule has 29 heavy (non-hydrogen) atoms. The molecule has 0 heterocycles. The molecule has 0 bridgehead atoms. The van der Waals surface area contributed by atoms with Crippen molar-refractivity contribution in [1.29, 1.82) is 0 Å². The molecular formula is C26H45F2N. The van der Waals surface area contributed by atoms with Gasteiger partial charge >= 0.3 is 6.05 Å². The number of unbranched alkanes of at least 4 members (excludes halogenated alkanes) is 13. The van der Waals surface area contributed by atoms with Crippen molar-refractivity contribution >= 4 is 5.69 Å². The Bertz CT molecular complexity index is 475. The smallest absolute Gasteiger partial charge is 0.313 e. The van der Waals surface area contributed by atoms with Gasteiger partial charge in [0.15, 0.2) is 0 Å². The van der Waals surface area contributed by atoms with E-state index in [1.807, 2.05) is 30.3 Å². The first kappa shape index (κ1) is 25.9. The van der Waals surface area contributed by atoms with E-state index in [2.05, 4.69) is 13.8 Å². The number of anilines is 1. The van der Waals surface area contributed by atoms with Gasteiger partial charge in [-0.2, -0.15) is 8.78 Å². The average Bonchev–Trinajstić information content (AvgIpc) is 2.72. The van der Waals surface area contributed by atoms with Gasteiger partial charge in [0, 0.05) is 18.7 Å². The fourth-order valence-electron chi connectivity index (χ4n) is 3.92. The number of hydrogen-bond acceptors (Lipinski definition) is 1. The standard InChI is InChI=1S/C26H45F2N/c1-3-5-7-9-11-13-15-20-24-29(25-21-17-16-18-22-25)26(27,28)23-19-14-12-10-8-6-4-2/h16-18,21-22H,3-15,19-20,23-24H2,1-2H3. The minimum atomic E-state index is -2.76. The zero-order valence-electron chi connectivity index (χ0n) is 19.1. The summed E-state index contributed by atoms with van der Waals surface area (Å²) in [6.07, 6.45) is 16.9. The molecule has 0 unspecified atom stereocenters. The molecule has 0 radical (unpaired) electrons. The van der Waals surface area contributed by atoms with Gasteiger partial charge in [-0.3, -0.25) is 0 Å². The third kappa shape index (κ3) is 12.2. The molecule has 0 aliphatic heterocycles. The molecule has 0 aliphatic carbocycles. The van der Waals surface area contributed by atoms with Crippen LogP contribution in [0.2, 0.25) is 0 Å². The SMILES string of the molecule is CCCCCCCCCCN(c1ccccc1)C(F)(F)CCCCCCCCC. The van der Waals surface area contributed by atoms with Crippen molar-refractivity contribution in [2.24, 2.45) is 0 Å². The molecule has 0 aromatic heterocycles. The molecule has 1 rings (SSSR count). The molecule has 168 valence electrons. The minimum absolute atomic E-state index is 0.0350. The highest BCUT2D eigenvalue weighted by Crippen LogP contribution is 2.32. The molecular weight excluding hydrogens is 364 g/mol. The Labute approximate surface area is 179 Å². The van der Waals surface area contributed by atoms with Gasteiger partial charge in [-0.05, 0) is 25.0 Å². The van der Waals surface area contributed by atoms with Crippen LogP contribution in [0.1, 0.15) is 117 Å². The summed E-state index contributed by atoms with van der Waals surface area (Å²) >= 11 is 0. The molecule has 0 N–H and O–H groups in total. The molecule has 0 saturated carbocycles. The largest absolute Gasteiger partial charge is 0.325 e. The van der Waals surface area contributed by atoms with Gasteiger partial charge in [0.1, 0.15) is 0 Å². The van der Waals surface area contributed by atoms with Crippen molar-refractivity contribution in [3.8, 4) is 0 Å². The van der Waals surface area contributed by atoms with Crippen LogP contribution in [0.15, 0.2) is 30.3 Å². The second-order valence-electron chi connectivity index (χ2n) is 8.50. The summed E-state index contributed by atoms with van der Waals surface area (Å²) in [7, 11) is 0. The highest BCUT2D eigenvalue weighted by Gasteiger charge is 2.36. The maximum atomic E-state index is 15.0. The van der Waals surface area contributed by atoms with Crippen LogP contribution in [-0.4, -0.2) is 12.6 Å². The van der Waals surface area contributed by atoms with Crippen molar-refractivity contribution in [1.82, 2.24) is 0 Å². The fraction of sp³-hybridized carbons (Fsp3) is 0.769. The zero-order valence-corrected chi connectivity index (χ0v) is 19.1. The second-order valence-corrected chi connectivity index (χ2v) is 8.50. The first-order valence-electron chi connectivity index (χ1n) is 12.3. The van der Waals surface area contributed by atoms with Crippen LogP contribution in [0.4, 0.5) is 14.5 Å². The van der Waals surface area contributed by atoms with Crippen LogP contribution in [0.25, 0.3) is 0 Å². The minimum Gasteiger partial charge on any atom is -0.313 e. The predicted octanol–water partition coefficient (Wildman–Crippen LogP) is 9.37. The highest BCUT2D eigenvalue weighted by atomic mass is 19.3. The Hall–Kier alpha value is -1.12. The lowest BCUT2D eigenvalue weighted by molar-refractivity contribution is -0.0137. The van der Waals surface area contributed by atoms with Crippen molar-refractivity contribution in [3.63, 3.8) is 0 Å². The molecule has 1 aromatic carbocycles. The van der Waals surface area contributed by atoms with Gasteiger partial charge in [0.05, 0.1) is 0 Å². The van der Waals surface area contributed by atoms with E-state index in [-0.39, 0.29) is 6.42 Å². The molecule has 1 aromatic rings. The summed E-state index contributed by atoms with van der Waals surface area (Å²) < 4.78 is 30.1. The third-order valence-corrected chi connectivity index (χ3v) is 5.78. The number of alkyl halides is 2. The van der Waals surface area contributed by atoms with Crippen LogP contribution in [0, 0.1) is 0 Å². The predicted molar refractivity (Wildman–Crippen MR) is 124 cm³/mol. The maximum Gasteiger partial charge on any atom is 0.325 e. The molecule has 0 fully saturated rings. The zero-order chi connectivity index (χ0) is 21.2. The van der Waals surface area contributed by atoms with Gasteiger partial charge in [0.2, 0.25) is 0 Å². The Kier molecular flexibility index (Phi) is 14.9. The van der Waals surface area contributed by atoms with Crippen molar-refractivity contribution in [3.05, 3.63) is 30.3 Å². The van der Waals surface area contributed by atoms with Gasteiger partial charge in [-0.15, -0.1) is 0 Å². The number of rotatable bonds is 19. The number of hydrogen-bond donors (Lipinski definition) is 0. The molecule has 3 heteroatoms. The lowest BCUT2D eigenvalue weighted by Gasteiger charge is -2.33. The molecule has 0 spiro atoms. The second kappa shape index (κ2) is 16.7. The van der Waals surface area contributed by atoms with Gasteiger partial charge in [-0.1, -0.05) is 116 Å². The Morgan fingerprint density at radius 1 is 0.621 bits per heavy atom. The summed E-state index contributed by atoms with van der Waals surface area (Å²) in [4.78, 5) is 1.36. The summed E-state index contributed by atoms with van der Waals surface area (Å²) in [5.74, 6) is 0. The van der Waals surface area contributed by atoms with Crippen molar-refractivity contribution in [2.45, 2.75) is 123 Å². The average molecular weight is 410 g/mol. The summed E-state index contributed by atoms with van der Waals surface area (Å²) in [6, 6.07) is 6.50. The first-order chi connectivity index (χ1) is 14.1. The van der Waals surface area contributed by atoms with E-state index in [9.17, 15) is 0 Å². The van der Waals surface area contributed by atoms with E-state index in [0.29, 0.717) is 18.7 Å². The van der Waals surface area contributed by atoms with E-state index in [0.717, 1.165) is 32.1 Å². The van der Waals surface area contributed by atoms with Crippen molar-refractivity contribution < 1.29 is 8.78 Å². The van der Waals surface area contributed by atoms with E-state index in [1.165, 1.54) is 62.7 Å². The van der Waals surface area contributed by atoms with Crippen molar-refractivity contribution in [2.75, 3.05) is 11.4 Å². The van der Waals surface area contributed by atoms with E-state index in [4.69, 9.17) is 0 Å². The molecule has 0 amide bonds. The summed E-state index contributed by atoms with van der Waals surface area (Å²) in [5.41, 5.74) is 0.656. The summed E-state index contributed by atoms with van der Waals surface area (Å²) in [6.45, 7) is 4.87. The normalized spacial score (nSPS) is 11.7. The molecule has 0 atom stereocenters. The Morgan fingerprint density at radius 2 is 1.07 bits per heavy atom. The number of para-hydroxylation sites is 1. The molecule has 1 nitrogen and oxygen atoms in total. The van der Waals surface area contributed by atoms with Crippen LogP contribution in [0.3, 0.4) is 0 Å². The van der Waals surface area contributed by atoms with E-state index >= 15 is 8.78 Å². The maximum absolute atomic E-state index is 15.0. The van der Waals surface area contributed by atoms with E-state index in [1.54, 1.807) is 0 Å². The number of halogens is 2. The van der Waals surface area contributed by atoms with Crippen LogP contribution < -0.4 is 4.90 Å². The highest BCUT2D eigenvalue weighted by molar-refractivity contribution is 5.47. The molecule has 0 aliphatic rings. The third-order valence-electron chi connectivity index (χ3n) is 5.78. The van der Waals surface area contributed by atoms with Gasteiger partial charge in [-0.25, -0.2) is 0 Å². The van der Waals surface area contributed by atoms with Crippen LogP contribution in [-0.2, 0) is 0 Å². The first-order valence-corrected chi connectivity index (χ1v) is 12.3.